The topological polar surface area (TPSA) is 106 Å². The normalized spacial score (nSPS) is 11.0. The predicted octanol–water partition coefficient (Wildman–Crippen LogP) is 5.54. The first kappa shape index (κ1) is 23.0. The molecule has 0 atom stereocenters. The molecule has 4 aromatic rings. The van der Waals surface area contributed by atoms with E-state index in [2.05, 4.69) is 20.3 Å². The van der Waals surface area contributed by atoms with Crippen LogP contribution < -0.4 is 21.3 Å². The van der Waals surface area contributed by atoms with Crippen molar-refractivity contribution in [3.8, 4) is 17.0 Å². The lowest BCUT2D eigenvalue weighted by molar-refractivity contribution is 0.298. The summed E-state index contributed by atoms with van der Waals surface area (Å²) in [5, 5.41) is 4.45. The zero-order valence-corrected chi connectivity index (χ0v) is 19.3. The highest BCUT2D eigenvalue weighted by molar-refractivity contribution is 6.39. The molecule has 33 heavy (non-hydrogen) atoms. The van der Waals surface area contributed by atoms with Gasteiger partial charge in [0.05, 0.1) is 27.6 Å². The largest absolute Gasteiger partial charge is 0.477 e. The van der Waals surface area contributed by atoms with Gasteiger partial charge in [0.2, 0.25) is 11.8 Å². The molecule has 7 nitrogen and oxygen atoms in total. The van der Waals surface area contributed by atoms with Crippen LogP contribution >= 0.6 is 23.2 Å². The van der Waals surface area contributed by atoms with Gasteiger partial charge in [0.25, 0.3) is 5.56 Å². The molecule has 0 aliphatic rings. The Bertz CT molecular complexity index is 1290. The van der Waals surface area contributed by atoms with Crippen LogP contribution in [0.25, 0.3) is 22.2 Å². The van der Waals surface area contributed by atoms with Gasteiger partial charge in [-0.3, -0.25) is 4.79 Å². The van der Waals surface area contributed by atoms with Gasteiger partial charge >= 0.3 is 0 Å². The maximum atomic E-state index is 12.9. The van der Waals surface area contributed by atoms with Gasteiger partial charge in [-0.1, -0.05) is 47.5 Å². The number of unbranched alkanes of at least 4 members (excludes halogenated alkanes) is 2. The number of nitrogens with one attached hydrogen (secondary N) is 2. The van der Waals surface area contributed by atoms with Crippen LogP contribution in [0.5, 0.6) is 5.88 Å². The summed E-state index contributed by atoms with van der Waals surface area (Å²) in [6.45, 7) is 1.10. The summed E-state index contributed by atoms with van der Waals surface area (Å²) in [7, 11) is 0. The van der Waals surface area contributed by atoms with Crippen LogP contribution in [0.4, 0.5) is 11.6 Å². The van der Waals surface area contributed by atoms with E-state index in [0.29, 0.717) is 57.2 Å². The number of nitrogens with two attached hydrogens (primary N) is 1. The lowest BCUT2D eigenvalue weighted by atomic mass is 10.1. The SMILES string of the molecule is NCCCCCOc1nc(Nc2ccccc2)nc2[nH]c(=O)c(-c3c(Cl)cccc3Cl)cc12. The summed E-state index contributed by atoms with van der Waals surface area (Å²) in [6, 6.07) is 16.3. The third kappa shape index (κ3) is 5.45. The van der Waals surface area contributed by atoms with Crippen LogP contribution in [-0.4, -0.2) is 28.1 Å². The number of benzene rings is 2. The molecule has 9 heteroatoms. The molecule has 2 heterocycles. The molecule has 0 aliphatic carbocycles. The summed E-state index contributed by atoms with van der Waals surface area (Å²) in [4.78, 5) is 24.8. The van der Waals surface area contributed by atoms with Crippen LogP contribution in [0.2, 0.25) is 10.0 Å². The highest BCUT2D eigenvalue weighted by atomic mass is 35.5. The van der Waals surface area contributed by atoms with Crippen LogP contribution in [0.15, 0.2) is 59.4 Å². The van der Waals surface area contributed by atoms with E-state index in [4.69, 9.17) is 33.7 Å². The van der Waals surface area contributed by atoms with Gasteiger partial charge in [0, 0.05) is 11.3 Å². The van der Waals surface area contributed by atoms with Gasteiger partial charge in [-0.2, -0.15) is 9.97 Å². The Hall–Kier alpha value is -3.13. The van der Waals surface area contributed by atoms with E-state index in [9.17, 15) is 4.79 Å². The van der Waals surface area contributed by atoms with Crippen molar-refractivity contribution in [2.45, 2.75) is 19.3 Å². The second kappa shape index (κ2) is 10.7. The third-order valence-corrected chi connectivity index (χ3v) is 5.66. The monoisotopic (exact) mass is 483 g/mol. The number of fused-ring (bicyclic) bond motifs is 1. The summed E-state index contributed by atoms with van der Waals surface area (Å²) < 4.78 is 6.02. The number of H-pyrrole nitrogens is 1. The highest BCUT2D eigenvalue weighted by Crippen LogP contribution is 2.35. The minimum Gasteiger partial charge on any atom is -0.477 e. The third-order valence-electron chi connectivity index (χ3n) is 5.03. The Balaban J connectivity index is 1.78. The summed E-state index contributed by atoms with van der Waals surface area (Å²) in [6.07, 6.45) is 2.71. The van der Waals surface area contributed by atoms with Gasteiger partial charge in [0.1, 0.15) is 5.65 Å². The van der Waals surface area contributed by atoms with Crippen molar-refractivity contribution in [2.24, 2.45) is 5.73 Å². The number of pyridine rings is 1. The molecule has 0 bridgehead atoms. The van der Waals surface area contributed by atoms with E-state index >= 15 is 0 Å². The van der Waals surface area contributed by atoms with Gasteiger partial charge in [-0.25, -0.2) is 0 Å². The van der Waals surface area contributed by atoms with Crippen LogP contribution in [0, 0.1) is 0 Å². The molecule has 0 fully saturated rings. The number of nitrogens with zero attached hydrogens (tertiary/aromatic N) is 2. The van der Waals surface area contributed by atoms with Crippen molar-refractivity contribution in [2.75, 3.05) is 18.5 Å². The molecule has 0 saturated heterocycles. The molecule has 170 valence electrons. The molecule has 2 aromatic heterocycles. The molecule has 0 amide bonds. The smallest absolute Gasteiger partial charge is 0.257 e. The number of rotatable bonds is 9. The van der Waals surface area contributed by atoms with Crippen LogP contribution in [0.1, 0.15) is 19.3 Å². The van der Waals surface area contributed by atoms with E-state index in [1.807, 2.05) is 30.3 Å². The molecular weight excluding hydrogens is 461 g/mol. The van der Waals surface area contributed by atoms with Crippen molar-refractivity contribution >= 4 is 45.9 Å². The molecule has 0 radical (unpaired) electrons. The molecule has 0 unspecified atom stereocenters. The Labute approximate surface area is 200 Å². The molecule has 4 rings (SSSR count). The number of halogens is 2. The fraction of sp³-hybridized carbons (Fsp3) is 0.208. The highest BCUT2D eigenvalue weighted by Gasteiger charge is 2.17. The maximum Gasteiger partial charge on any atom is 0.257 e. The molecule has 2 aromatic carbocycles. The number of anilines is 2. The zero-order chi connectivity index (χ0) is 23.2. The van der Waals surface area contributed by atoms with E-state index in [1.54, 1.807) is 24.3 Å². The van der Waals surface area contributed by atoms with Gasteiger partial charge in [0.15, 0.2) is 0 Å². The standard InChI is InChI=1S/C24H23Cl2N5O2/c25-18-10-7-11-19(26)20(18)16-14-17-21(29-22(16)32)30-24(28-15-8-3-1-4-9-15)31-23(17)33-13-6-2-5-12-27/h1,3-4,7-11,14H,2,5-6,12-13,27H2,(H2,28,29,30,31,32). The van der Waals surface area contributed by atoms with E-state index in [1.165, 1.54) is 0 Å². The van der Waals surface area contributed by atoms with Crippen LogP contribution in [0.3, 0.4) is 0 Å². The van der Waals surface area contributed by atoms with E-state index < -0.39 is 0 Å². The number of ether oxygens (including phenoxy) is 1. The lowest BCUT2D eigenvalue weighted by Crippen LogP contribution is -2.12. The Morgan fingerprint density at radius 1 is 0.970 bits per heavy atom. The Morgan fingerprint density at radius 3 is 2.45 bits per heavy atom. The lowest BCUT2D eigenvalue weighted by Gasteiger charge is -2.13. The molecule has 4 N–H and O–H groups in total. The van der Waals surface area contributed by atoms with Gasteiger partial charge in [-0.05, 0) is 56.1 Å². The molecule has 0 saturated carbocycles. The number of para-hydroxylation sites is 1. The minimum absolute atomic E-state index is 0.310. The molecule has 0 aliphatic heterocycles. The number of hydrogen-bond acceptors (Lipinski definition) is 6. The zero-order valence-electron chi connectivity index (χ0n) is 17.8. The van der Waals surface area contributed by atoms with Crippen molar-refractivity contribution in [3.63, 3.8) is 0 Å². The first-order valence-electron chi connectivity index (χ1n) is 10.6. The Kier molecular flexibility index (Phi) is 7.44. The van der Waals surface area contributed by atoms with Crippen molar-refractivity contribution < 1.29 is 4.74 Å². The summed E-state index contributed by atoms with van der Waals surface area (Å²) in [5.74, 6) is 0.664. The van der Waals surface area contributed by atoms with Crippen LogP contribution in [-0.2, 0) is 0 Å². The quantitative estimate of drug-likeness (QED) is 0.269. The second-order valence-electron chi connectivity index (χ2n) is 7.41. The first-order valence-corrected chi connectivity index (χ1v) is 11.4. The average Bonchev–Trinajstić information content (AvgIpc) is 2.80. The fourth-order valence-corrected chi connectivity index (χ4v) is 4.01. The van der Waals surface area contributed by atoms with Crippen molar-refractivity contribution in [1.29, 1.82) is 0 Å². The fourth-order valence-electron chi connectivity index (χ4n) is 3.41. The number of aromatic amines is 1. The second-order valence-corrected chi connectivity index (χ2v) is 8.23. The average molecular weight is 484 g/mol. The van der Waals surface area contributed by atoms with E-state index in [0.717, 1.165) is 24.9 Å². The molecule has 0 spiro atoms. The predicted molar refractivity (Wildman–Crippen MR) is 134 cm³/mol. The minimum atomic E-state index is -0.365. The number of hydrogen-bond donors (Lipinski definition) is 3. The summed E-state index contributed by atoms with van der Waals surface area (Å²) in [5.41, 5.74) is 7.13. The van der Waals surface area contributed by atoms with Gasteiger partial charge in [-0.15, -0.1) is 0 Å². The first-order chi connectivity index (χ1) is 16.1. The maximum absolute atomic E-state index is 12.9. The van der Waals surface area contributed by atoms with Gasteiger partial charge < -0.3 is 20.8 Å². The van der Waals surface area contributed by atoms with Crippen molar-refractivity contribution in [3.05, 3.63) is 75.0 Å². The number of aromatic nitrogens is 3. The van der Waals surface area contributed by atoms with Crippen molar-refractivity contribution in [1.82, 2.24) is 15.0 Å². The summed E-state index contributed by atoms with van der Waals surface area (Å²) >= 11 is 12.7. The van der Waals surface area contributed by atoms with E-state index in [-0.39, 0.29) is 5.56 Å². The molecular formula is C24H23Cl2N5O2. The Morgan fingerprint density at radius 2 is 1.73 bits per heavy atom.